The summed E-state index contributed by atoms with van der Waals surface area (Å²) in [4.78, 5) is 25.1. The van der Waals surface area contributed by atoms with Crippen molar-refractivity contribution in [2.45, 2.75) is 33.6 Å². The molecule has 1 saturated heterocycles. The summed E-state index contributed by atoms with van der Waals surface area (Å²) < 4.78 is 4.95. The summed E-state index contributed by atoms with van der Waals surface area (Å²) in [6, 6.07) is 4.09. The molecule has 5 nitrogen and oxygen atoms in total. The van der Waals surface area contributed by atoms with Crippen molar-refractivity contribution in [3.05, 3.63) is 28.8 Å². The number of hydrogen-bond donors (Lipinski definition) is 1. The molecule has 1 heterocycles. The summed E-state index contributed by atoms with van der Waals surface area (Å²) in [5.74, 6) is -0.0802. The maximum Gasteiger partial charge on any atom is 0.409 e. The zero-order valence-corrected chi connectivity index (χ0v) is 12.9. The number of benzene rings is 1. The average Bonchev–Trinajstić information content (AvgIpc) is 2.42. The van der Waals surface area contributed by atoms with Gasteiger partial charge in [-0.05, 0) is 38.3 Å². The van der Waals surface area contributed by atoms with Gasteiger partial charge in [-0.1, -0.05) is 17.7 Å². The van der Waals surface area contributed by atoms with Gasteiger partial charge in [0, 0.05) is 25.2 Å². The number of hydrogen-bond acceptors (Lipinski definition) is 3. The average molecular weight is 290 g/mol. The smallest absolute Gasteiger partial charge is 0.409 e. The predicted molar refractivity (Wildman–Crippen MR) is 81.4 cm³/mol. The monoisotopic (exact) mass is 290 g/mol. The molecule has 21 heavy (non-hydrogen) atoms. The topological polar surface area (TPSA) is 58.6 Å². The van der Waals surface area contributed by atoms with Crippen LogP contribution in [0.25, 0.3) is 0 Å². The lowest BCUT2D eigenvalue weighted by Gasteiger charge is -2.26. The van der Waals surface area contributed by atoms with E-state index in [1.54, 1.807) is 4.90 Å². The van der Waals surface area contributed by atoms with Crippen LogP contribution in [0.15, 0.2) is 12.1 Å². The third-order valence-corrected chi connectivity index (χ3v) is 3.61. The first-order valence-electron chi connectivity index (χ1n) is 7.27. The van der Waals surface area contributed by atoms with Crippen LogP contribution in [0, 0.1) is 20.8 Å². The maximum absolute atomic E-state index is 12.1. The molecule has 0 bridgehead atoms. The van der Waals surface area contributed by atoms with Gasteiger partial charge >= 0.3 is 6.09 Å². The zero-order chi connectivity index (χ0) is 15.4. The molecule has 1 aromatic carbocycles. The summed E-state index contributed by atoms with van der Waals surface area (Å²) in [5.41, 5.74) is 4.15. The van der Waals surface area contributed by atoms with Gasteiger partial charge in [0.1, 0.15) is 0 Å². The van der Waals surface area contributed by atoms with Gasteiger partial charge in [0.25, 0.3) is 0 Å². The number of nitrogens with one attached hydrogen (secondary N) is 1. The van der Waals surface area contributed by atoms with Crippen LogP contribution in [0.4, 0.5) is 10.5 Å². The Morgan fingerprint density at radius 2 is 1.95 bits per heavy atom. The van der Waals surface area contributed by atoms with Gasteiger partial charge in [0.15, 0.2) is 0 Å². The highest BCUT2D eigenvalue weighted by Crippen LogP contribution is 2.22. The number of amides is 2. The van der Waals surface area contributed by atoms with Gasteiger partial charge in [0.05, 0.1) is 6.61 Å². The number of anilines is 1. The van der Waals surface area contributed by atoms with E-state index in [2.05, 4.69) is 5.32 Å². The van der Waals surface area contributed by atoms with Crippen molar-refractivity contribution in [2.24, 2.45) is 0 Å². The number of aryl methyl sites for hydroxylation is 3. The van der Waals surface area contributed by atoms with Crippen molar-refractivity contribution in [3.63, 3.8) is 0 Å². The third-order valence-electron chi connectivity index (χ3n) is 3.61. The van der Waals surface area contributed by atoms with Crippen LogP contribution >= 0.6 is 0 Å². The molecule has 0 aromatic heterocycles. The molecule has 1 aliphatic heterocycles. The molecule has 0 atom stereocenters. The van der Waals surface area contributed by atoms with E-state index < -0.39 is 0 Å². The lowest BCUT2D eigenvalue weighted by molar-refractivity contribution is -0.116. The van der Waals surface area contributed by atoms with Gasteiger partial charge in [-0.3, -0.25) is 4.79 Å². The van der Waals surface area contributed by atoms with Crippen LogP contribution in [-0.4, -0.2) is 36.6 Å². The fraction of sp³-hybridized carbons (Fsp3) is 0.500. The molecular weight excluding hydrogens is 268 g/mol. The van der Waals surface area contributed by atoms with E-state index in [1.807, 2.05) is 32.9 Å². The van der Waals surface area contributed by atoms with Crippen LogP contribution in [0.3, 0.4) is 0 Å². The van der Waals surface area contributed by atoms with Crippen molar-refractivity contribution < 1.29 is 14.3 Å². The Hall–Kier alpha value is -2.04. The Labute approximate surface area is 125 Å². The molecule has 2 amide bonds. The second-order valence-electron chi connectivity index (χ2n) is 5.53. The summed E-state index contributed by atoms with van der Waals surface area (Å²) in [6.07, 6.45) is 0.780. The first-order valence-corrected chi connectivity index (χ1v) is 7.27. The molecule has 2 rings (SSSR count). The number of rotatable bonds is 4. The minimum absolute atomic E-state index is 0.0802. The summed E-state index contributed by atoms with van der Waals surface area (Å²) in [7, 11) is 0. The normalized spacial score (nSPS) is 14.8. The number of carbonyl (C=O) groups is 2. The van der Waals surface area contributed by atoms with Crippen molar-refractivity contribution in [1.29, 1.82) is 0 Å². The highest BCUT2D eigenvalue weighted by Gasteiger charge is 2.20. The van der Waals surface area contributed by atoms with Crippen LogP contribution in [0.5, 0.6) is 0 Å². The first-order chi connectivity index (χ1) is 9.97. The summed E-state index contributed by atoms with van der Waals surface area (Å²) >= 11 is 0. The molecule has 0 spiro atoms. The highest BCUT2D eigenvalue weighted by atomic mass is 16.6. The number of carbonyl (C=O) groups excluding carboxylic acids is 2. The quantitative estimate of drug-likeness (QED) is 0.927. The van der Waals surface area contributed by atoms with E-state index in [9.17, 15) is 9.59 Å². The fourth-order valence-corrected chi connectivity index (χ4v) is 2.62. The Balaban J connectivity index is 1.91. The largest absolute Gasteiger partial charge is 0.449 e. The maximum atomic E-state index is 12.1. The van der Waals surface area contributed by atoms with E-state index in [1.165, 1.54) is 5.56 Å². The summed E-state index contributed by atoms with van der Waals surface area (Å²) in [6.45, 7) is 7.54. The Morgan fingerprint density at radius 1 is 1.29 bits per heavy atom. The molecule has 1 fully saturated rings. The van der Waals surface area contributed by atoms with E-state index in [0.717, 1.165) is 23.2 Å². The van der Waals surface area contributed by atoms with Gasteiger partial charge in [0.2, 0.25) is 5.91 Å². The first kappa shape index (κ1) is 15.4. The second kappa shape index (κ2) is 6.61. The number of nitrogens with zero attached hydrogens (tertiary/aromatic N) is 1. The Kier molecular flexibility index (Phi) is 4.83. The highest BCUT2D eigenvalue weighted by molar-refractivity contribution is 5.92. The van der Waals surface area contributed by atoms with Crippen molar-refractivity contribution in [1.82, 2.24) is 4.90 Å². The molecule has 0 saturated carbocycles. The number of cyclic esters (lactones) is 1. The molecule has 1 aromatic rings. The molecule has 5 heteroatoms. The predicted octanol–water partition coefficient (Wildman–Crippen LogP) is 2.78. The SMILES string of the molecule is Cc1cc(C)c(NC(=O)CCN2CCCOC2=O)c(C)c1. The molecule has 0 unspecified atom stereocenters. The molecule has 0 radical (unpaired) electrons. The lowest BCUT2D eigenvalue weighted by Crippen LogP contribution is -2.39. The van der Waals surface area contributed by atoms with Crippen LogP contribution in [-0.2, 0) is 9.53 Å². The molecule has 1 N–H and O–H groups in total. The van der Waals surface area contributed by atoms with Crippen LogP contribution in [0.1, 0.15) is 29.5 Å². The van der Waals surface area contributed by atoms with Gasteiger partial charge in [-0.2, -0.15) is 0 Å². The third kappa shape index (κ3) is 3.97. The number of ether oxygens (including phenoxy) is 1. The minimum atomic E-state index is -0.322. The molecule has 114 valence electrons. The standard InChI is InChI=1S/C16H22N2O3/c1-11-9-12(2)15(13(3)10-11)17-14(19)5-7-18-6-4-8-21-16(18)20/h9-10H,4-8H2,1-3H3,(H,17,19). The fourth-order valence-electron chi connectivity index (χ4n) is 2.62. The Bertz CT molecular complexity index is 531. The minimum Gasteiger partial charge on any atom is -0.449 e. The van der Waals surface area contributed by atoms with Crippen LogP contribution < -0.4 is 5.32 Å². The molecule has 0 aliphatic carbocycles. The second-order valence-corrected chi connectivity index (χ2v) is 5.53. The van der Waals surface area contributed by atoms with Gasteiger partial charge in [-0.15, -0.1) is 0 Å². The van der Waals surface area contributed by atoms with E-state index >= 15 is 0 Å². The van der Waals surface area contributed by atoms with Crippen molar-refractivity contribution in [3.8, 4) is 0 Å². The van der Waals surface area contributed by atoms with E-state index in [4.69, 9.17) is 4.74 Å². The zero-order valence-electron chi connectivity index (χ0n) is 12.9. The Morgan fingerprint density at radius 3 is 2.57 bits per heavy atom. The molecule has 1 aliphatic rings. The van der Waals surface area contributed by atoms with E-state index in [-0.39, 0.29) is 18.4 Å². The van der Waals surface area contributed by atoms with Crippen molar-refractivity contribution >= 4 is 17.7 Å². The summed E-state index contributed by atoms with van der Waals surface area (Å²) in [5, 5.41) is 2.94. The van der Waals surface area contributed by atoms with Crippen LogP contribution in [0.2, 0.25) is 0 Å². The lowest BCUT2D eigenvalue weighted by atomic mass is 10.1. The van der Waals surface area contributed by atoms with Gasteiger partial charge in [-0.25, -0.2) is 4.79 Å². The van der Waals surface area contributed by atoms with Crippen molar-refractivity contribution in [2.75, 3.05) is 25.0 Å². The van der Waals surface area contributed by atoms with Gasteiger partial charge < -0.3 is 15.0 Å². The molecular formula is C16H22N2O3. The van der Waals surface area contributed by atoms with E-state index in [0.29, 0.717) is 19.7 Å².